The third kappa shape index (κ3) is 4.23. The number of carbonyl (C=O) groups is 1. The summed E-state index contributed by atoms with van der Waals surface area (Å²) < 4.78 is 0. The van der Waals surface area contributed by atoms with Crippen LogP contribution >= 0.6 is 0 Å². The van der Waals surface area contributed by atoms with E-state index in [4.69, 9.17) is 0 Å². The highest BCUT2D eigenvalue weighted by Gasteiger charge is 2.26. The number of aromatic hydroxyl groups is 1. The number of aryl methyl sites for hydroxylation is 1. The quantitative estimate of drug-likeness (QED) is 0.864. The fraction of sp³-hybridized carbons (Fsp3) is 0.562. The molecule has 0 saturated carbocycles. The number of hydrogen-bond acceptors (Lipinski definition) is 3. The first-order chi connectivity index (χ1) is 9.54. The van der Waals surface area contributed by atoms with E-state index < -0.39 is 0 Å². The molecule has 20 heavy (non-hydrogen) atoms. The van der Waals surface area contributed by atoms with Gasteiger partial charge in [-0.3, -0.25) is 9.69 Å². The molecule has 4 heteroatoms. The average Bonchev–Trinajstić information content (AvgIpc) is 2.85. The summed E-state index contributed by atoms with van der Waals surface area (Å²) in [6.07, 6.45) is 3.16. The van der Waals surface area contributed by atoms with E-state index in [0.29, 0.717) is 17.8 Å². The molecule has 1 amide bonds. The fourth-order valence-electron chi connectivity index (χ4n) is 2.81. The monoisotopic (exact) mass is 276 g/mol. The zero-order valence-electron chi connectivity index (χ0n) is 12.3. The van der Waals surface area contributed by atoms with Crippen molar-refractivity contribution in [2.24, 2.45) is 0 Å². The van der Waals surface area contributed by atoms with Gasteiger partial charge in [0.1, 0.15) is 5.75 Å². The molecule has 0 bridgehead atoms. The van der Waals surface area contributed by atoms with Gasteiger partial charge in [-0.25, -0.2) is 0 Å². The molecule has 1 fully saturated rings. The van der Waals surface area contributed by atoms with Gasteiger partial charge in [0, 0.05) is 32.1 Å². The predicted molar refractivity (Wildman–Crippen MR) is 79.7 cm³/mol. The van der Waals surface area contributed by atoms with E-state index in [-0.39, 0.29) is 5.91 Å². The van der Waals surface area contributed by atoms with Crippen LogP contribution in [0.3, 0.4) is 0 Å². The Morgan fingerprint density at radius 1 is 1.45 bits per heavy atom. The lowest BCUT2D eigenvalue weighted by molar-refractivity contribution is -0.119. The maximum atomic E-state index is 11.1. The summed E-state index contributed by atoms with van der Waals surface area (Å²) in [5.74, 6) is 0.382. The van der Waals surface area contributed by atoms with Crippen LogP contribution in [0.5, 0.6) is 5.75 Å². The molecule has 0 aliphatic carbocycles. The van der Waals surface area contributed by atoms with Gasteiger partial charge >= 0.3 is 0 Å². The van der Waals surface area contributed by atoms with Crippen LogP contribution in [0.4, 0.5) is 0 Å². The lowest BCUT2D eigenvalue weighted by atomic mass is 10.1. The zero-order chi connectivity index (χ0) is 14.5. The van der Waals surface area contributed by atoms with Crippen LogP contribution in [0.2, 0.25) is 0 Å². The normalized spacial score (nSPS) is 20.8. The first-order valence-corrected chi connectivity index (χ1v) is 7.33. The van der Waals surface area contributed by atoms with Gasteiger partial charge in [0.25, 0.3) is 0 Å². The number of phenols is 1. The fourth-order valence-corrected chi connectivity index (χ4v) is 2.81. The molecule has 2 rings (SSSR count). The van der Waals surface area contributed by atoms with E-state index in [1.54, 1.807) is 19.1 Å². The van der Waals surface area contributed by atoms with Gasteiger partial charge in [-0.15, -0.1) is 0 Å². The molecule has 0 aromatic heterocycles. The van der Waals surface area contributed by atoms with E-state index in [1.165, 1.54) is 5.56 Å². The SMILES string of the molecule is CC(=O)NC1CCN(C(C)CCc2ccc(O)cc2)C1. The van der Waals surface area contributed by atoms with Crippen molar-refractivity contribution in [1.29, 1.82) is 0 Å². The van der Waals surface area contributed by atoms with E-state index >= 15 is 0 Å². The third-order valence-electron chi connectivity index (χ3n) is 4.04. The van der Waals surface area contributed by atoms with Crippen molar-refractivity contribution in [3.05, 3.63) is 29.8 Å². The first-order valence-electron chi connectivity index (χ1n) is 7.33. The standard InChI is InChI=1S/C16H24N2O2/c1-12(3-4-14-5-7-16(20)8-6-14)18-10-9-15(11-18)17-13(2)19/h5-8,12,15,20H,3-4,9-11H2,1-2H3,(H,17,19). The van der Waals surface area contributed by atoms with Crippen molar-refractivity contribution in [1.82, 2.24) is 10.2 Å². The van der Waals surface area contributed by atoms with E-state index in [1.807, 2.05) is 12.1 Å². The average molecular weight is 276 g/mol. The summed E-state index contributed by atoms with van der Waals surface area (Å²) in [4.78, 5) is 13.5. The first kappa shape index (κ1) is 14.9. The second kappa shape index (κ2) is 6.75. The molecule has 0 radical (unpaired) electrons. The van der Waals surface area contributed by atoms with Crippen LogP contribution in [-0.4, -0.2) is 41.1 Å². The van der Waals surface area contributed by atoms with Crippen molar-refractivity contribution in [3.63, 3.8) is 0 Å². The Kier molecular flexibility index (Phi) is 5.01. The molecule has 1 aromatic carbocycles. The number of likely N-dealkylation sites (tertiary alicyclic amines) is 1. The molecule has 1 aliphatic heterocycles. The number of carbonyl (C=O) groups excluding carboxylic acids is 1. The molecular formula is C16H24N2O2. The summed E-state index contributed by atoms with van der Waals surface area (Å²) in [5, 5.41) is 12.3. The smallest absolute Gasteiger partial charge is 0.217 e. The highest BCUT2D eigenvalue weighted by molar-refractivity contribution is 5.73. The molecule has 1 aliphatic rings. The van der Waals surface area contributed by atoms with Crippen LogP contribution in [0.1, 0.15) is 32.3 Å². The summed E-state index contributed by atoms with van der Waals surface area (Å²) in [5.41, 5.74) is 1.26. The van der Waals surface area contributed by atoms with Crippen LogP contribution < -0.4 is 5.32 Å². The summed E-state index contributed by atoms with van der Waals surface area (Å²) in [7, 11) is 0. The second-order valence-corrected chi connectivity index (χ2v) is 5.74. The molecular weight excluding hydrogens is 252 g/mol. The largest absolute Gasteiger partial charge is 0.508 e. The number of nitrogens with one attached hydrogen (secondary N) is 1. The highest BCUT2D eigenvalue weighted by atomic mass is 16.3. The predicted octanol–water partition coefficient (Wildman–Crippen LogP) is 1.92. The van der Waals surface area contributed by atoms with Crippen molar-refractivity contribution in [3.8, 4) is 5.75 Å². The summed E-state index contributed by atoms with van der Waals surface area (Å²) >= 11 is 0. The van der Waals surface area contributed by atoms with Crippen LogP contribution in [-0.2, 0) is 11.2 Å². The maximum absolute atomic E-state index is 11.1. The molecule has 1 heterocycles. The van der Waals surface area contributed by atoms with Gasteiger partial charge in [0.2, 0.25) is 5.91 Å². The molecule has 1 aromatic rings. The number of rotatable bonds is 5. The lowest BCUT2D eigenvalue weighted by Crippen LogP contribution is -2.38. The van der Waals surface area contributed by atoms with E-state index in [2.05, 4.69) is 17.1 Å². The van der Waals surface area contributed by atoms with Crippen LogP contribution in [0.15, 0.2) is 24.3 Å². The van der Waals surface area contributed by atoms with Gasteiger partial charge in [-0.2, -0.15) is 0 Å². The topological polar surface area (TPSA) is 52.6 Å². The molecule has 0 spiro atoms. The van der Waals surface area contributed by atoms with E-state index in [9.17, 15) is 9.90 Å². The molecule has 4 nitrogen and oxygen atoms in total. The van der Waals surface area contributed by atoms with Crippen LogP contribution in [0.25, 0.3) is 0 Å². The minimum absolute atomic E-state index is 0.0635. The Morgan fingerprint density at radius 2 is 2.15 bits per heavy atom. The van der Waals surface area contributed by atoms with Crippen molar-refractivity contribution in [2.75, 3.05) is 13.1 Å². The summed E-state index contributed by atoms with van der Waals surface area (Å²) in [6, 6.07) is 8.26. The number of amides is 1. The van der Waals surface area contributed by atoms with Crippen molar-refractivity contribution >= 4 is 5.91 Å². The van der Waals surface area contributed by atoms with Gasteiger partial charge in [0.05, 0.1) is 0 Å². The van der Waals surface area contributed by atoms with Crippen molar-refractivity contribution in [2.45, 2.75) is 45.2 Å². The number of phenolic OH excluding ortho intramolecular Hbond substituents is 1. The zero-order valence-corrected chi connectivity index (χ0v) is 12.3. The number of nitrogens with zero attached hydrogens (tertiary/aromatic N) is 1. The molecule has 2 unspecified atom stereocenters. The van der Waals surface area contributed by atoms with Gasteiger partial charge in [0.15, 0.2) is 0 Å². The second-order valence-electron chi connectivity index (χ2n) is 5.74. The lowest BCUT2D eigenvalue weighted by Gasteiger charge is -2.24. The summed E-state index contributed by atoms with van der Waals surface area (Å²) in [6.45, 7) is 5.84. The Morgan fingerprint density at radius 3 is 2.80 bits per heavy atom. The molecule has 2 N–H and O–H groups in total. The Hall–Kier alpha value is -1.55. The van der Waals surface area contributed by atoms with Crippen molar-refractivity contribution < 1.29 is 9.90 Å². The number of hydrogen-bond donors (Lipinski definition) is 2. The van der Waals surface area contributed by atoms with E-state index in [0.717, 1.165) is 32.4 Å². The van der Waals surface area contributed by atoms with Gasteiger partial charge in [-0.05, 0) is 43.9 Å². The minimum atomic E-state index is 0.0635. The Balaban J connectivity index is 1.76. The maximum Gasteiger partial charge on any atom is 0.217 e. The Bertz CT molecular complexity index is 444. The van der Waals surface area contributed by atoms with Gasteiger partial charge in [-0.1, -0.05) is 12.1 Å². The molecule has 2 atom stereocenters. The molecule has 110 valence electrons. The molecule has 1 saturated heterocycles. The Labute approximate surface area is 120 Å². The van der Waals surface area contributed by atoms with Crippen LogP contribution in [0, 0.1) is 0 Å². The minimum Gasteiger partial charge on any atom is -0.508 e. The van der Waals surface area contributed by atoms with Gasteiger partial charge < -0.3 is 10.4 Å². The third-order valence-corrected chi connectivity index (χ3v) is 4.04. The number of benzene rings is 1. The highest BCUT2D eigenvalue weighted by Crippen LogP contribution is 2.17.